The molecule has 0 fully saturated rings. The monoisotopic (exact) mass is 477 g/mol. The Morgan fingerprint density at radius 1 is 1.03 bits per heavy atom. The normalized spacial score (nSPS) is 11.7. The first-order valence-electron chi connectivity index (χ1n) is 11.2. The number of imide groups is 1. The molecule has 0 heterocycles. The molecule has 5 amide bonds. The summed E-state index contributed by atoms with van der Waals surface area (Å²) in [5.41, 5.74) is 7.79. The number of nitrogens with zero attached hydrogens (tertiary/aromatic N) is 2. The Morgan fingerprint density at radius 3 is 2.09 bits per heavy atom. The van der Waals surface area contributed by atoms with E-state index in [-0.39, 0.29) is 12.5 Å². The lowest BCUT2D eigenvalue weighted by Gasteiger charge is -2.35. The third-order valence-electron chi connectivity index (χ3n) is 4.76. The molecule has 34 heavy (non-hydrogen) atoms. The molecule has 1 rings (SSSR count). The van der Waals surface area contributed by atoms with Gasteiger partial charge < -0.3 is 10.5 Å². The van der Waals surface area contributed by atoms with Crippen molar-refractivity contribution in [3.05, 3.63) is 29.8 Å². The lowest BCUT2D eigenvalue weighted by atomic mass is 9.99. The van der Waals surface area contributed by atoms with Crippen LogP contribution in [-0.4, -0.2) is 46.9 Å². The summed E-state index contributed by atoms with van der Waals surface area (Å²) >= 11 is 0. The highest BCUT2D eigenvalue weighted by atomic mass is 16.6. The molecule has 0 aliphatic heterocycles. The average molecular weight is 478 g/mol. The Morgan fingerprint density at radius 2 is 1.62 bits per heavy atom. The number of nitrogens with one attached hydrogen (secondary N) is 2. The fourth-order valence-electron chi connectivity index (χ4n) is 2.76. The number of ether oxygens (including phenoxy) is 1. The number of alkyl carbamates (subject to hydrolysis) is 1. The van der Waals surface area contributed by atoms with Gasteiger partial charge in [-0.15, -0.1) is 0 Å². The maximum Gasteiger partial charge on any atom is 0.414 e. The van der Waals surface area contributed by atoms with E-state index in [1.54, 1.807) is 32.9 Å². The van der Waals surface area contributed by atoms with E-state index in [9.17, 15) is 24.0 Å². The van der Waals surface area contributed by atoms with Crippen LogP contribution in [0.4, 0.5) is 10.5 Å². The maximum atomic E-state index is 13.0. The highest BCUT2D eigenvalue weighted by molar-refractivity contribution is 6.38. The summed E-state index contributed by atoms with van der Waals surface area (Å²) in [6.45, 7) is 10.8. The van der Waals surface area contributed by atoms with Crippen LogP contribution in [0.3, 0.4) is 0 Å². The van der Waals surface area contributed by atoms with Gasteiger partial charge in [0, 0.05) is 6.54 Å². The van der Waals surface area contributed by atoms with Gasteiger partial charge in [-0.05, 0) is 57.2 Å². The number of benzene rings is 1. The standard InChI is InChI=1S/C23H35N5O6/c1-7-9-14-27(21(32)20(31)25-22(33)34-23(4,5)6)28(26-19(30)18(24)29)17-12-10-16(11-13-17)15(3)8-2/h10-13,15H,7-9,14H2,1-6H3,(H2,24,29)(H,26,30)(H,25,31,33). The van der Waals surface area contributed by atoms with Crippen LogP contribution in [0.5, 0.6) is 0 Å². The molecular weight excluding hydrogens is 442 g/mol. The molecule has 11 nitrogen and oxygen atoms in total. The molecule has 0 aromatic heterocycles. The first kappa shape index (κ1) is 28.4. The average Bonchev–Trinajstić information content (AvgIpc) is 2.76. The highest BCUT2D eigenvalue weighted by Crippen LogP contribution is 2.23. The minimum atomic E-state index is -1.28. The zero-order valence-corrected chi connectivity index (χ0v) is 20.6. The van der Waals surface area contributed by atoms with E-state index in [0.29, 0.717) is 18.5 Å². The van der Waals surface area contributed by atoms with Gasteiger partial charge in [-0.25, -0.2) is 15.2 Å². The van der Waals surface area contributed by atoms with Crippen LogP contribution >= 0.6 is 0 Å². The number of primary amides is 1. The molecule has 4 N–H and O–H groups in total. The minimum absolute atomic E-state index is 0.00320. The molecule has 0 aliphatic rings. The molecule has 0 saturated carbocycles. The van der Waals surface area contributed by atoms with Crippen molar-refractivity contribution in [2.45, 2.75) is 72.3 Å². The second kappa shape index (κ2) is 12.6. The SMILES string of the molecule is CCCCN(C(=O)C(=O)NC(=O)OC(C)(C)C)N(NC(=O)C(N)=O)c1ccc(C(C)CC)cc1. The number of hydrogen-bond donors (Lipinski definition) is 3. The minimum Gasteiger partial charge on any atom is -0.444 e. The van der Waals surface area contributed by atoms with Crippen LogP contribution in [0.2, 0.25) is 0 Å². The smallest absolute Gasteiger partial charge is 0.414 e. The Bertz CT molecular complexity index is 894. The van der Waals surface area contributed by atoms with Gasteiger partial charge in [0.1, 0.15) is 5.60 Å². The third-order valence-corrected chi connectivity index (χ3v) is 4.76. The summed E-state index contributed by atoms with van der Waals surface area (Å²) < 4.78 is 5.02. The lowest BCUT2D eigenvalue weighted by Crippen LogP contribution is -2.61. The van der Waals surface area contributed by atoms with Crippen LogP contribution in [-0.2, 0) is 23.9 Å². The summed E-state index contributed by atoms with van der Waals surface area (Å²) in [6, 6.07) is 6.91. The number of nitrogens with two attached hydrogens (primary N) is 1. The molecule has 1 unspecified atom stereocenters. The zero-order chi connectivity index (χ0) is 26.1. The van der Waals surface area contributed by atoms with Gasteiger partial charge in [-0.2, -0.15) is 5.12 Å². The summed E-state index contributed by atoms with van der Waals surface area (Å²) in [4.78, 5) is 61.1. The number of carbonyl (C=O) groups excluding carboxylic acids is 5. The number of carbonyl (C=O) groups is 5. The number of anilines is 1. The van der Waals surface area contributed by atoms with Crippen molar-refractivity contribution in [3.8, 4) is 0 Å². The molecular formula is C23H35N5O6. The molecule has 11 heteroatoms. The first-order chi connectivity index (χ1) is 15.8. The molecule has 1 atom stereocenters. The van der Waals surface area contributed by atoms with Crippen LogP contribution in [0.15, 0.2) is 24.3 Å². The molecule has 0 saturated heterocycles. The molecule has 1 aromatic rings. The van der Waals surface area contributed by atoms with Crippen molar-refractivity contribution in [2.24, 2.45) is 5.73 Å². The van der Waals surface area contributed by atoms with E-state index >= 15 is 0 Å². The van der Waals surface area contributed by atoms with Gasteiger partial charge in [-0.1, -0.05) is 39.3 Å². The van der Waals surface area contributed by atoms with Crippen LogP contribution < -0.4 is 21.6 Å². The Kier molecular flexibility index (Phi) is 10.5. The summed E-state index contributed by atoms with van der Waals surface area (Å²) in [7, 11) is 0. The van der Waals surface area contributed by atoms with E-state index in [4.69, 9.17) is 10.5 Å². The summed E-state index contributed by atoms with van der Waals surface area (Å²) in [5, 5.41) is 3.80. The van der Waals surface area contributed by atoms with Crippen molar-refractivity contribution in [2.75, 3.05) is 11.7 Å². The fourth-order valence-corrected chi connectivity index (χ4v) is 2.76. The third kappa shape index (κ3) is 8.72. The van der Waals surface area contributed by atoms with Gasteiger partial charge in [0.25, 0.3) is 0 Å². The Balaban J connectivity index is 3.32. The molecule has 0 aliphatic carbocycles. The van der Waals surface area contributed by atoms with Gasteiger partial charge in [-0.3, -0.25) is 24.5 Å². The van der Waals surface area contributed by atoms with Crippen LogP contribution in [0.1, 0.15) is 72.3 Å². The molecule has 1 aromatic carbocycles. The number of unbranched alkanes of at least 4 members (excludes halogenated alkanes) is 1. The topological polar surface area (TPSA) is 151 Å². The van der Waals surface area contributed by atoms with Crippen molar-refractivity contribution in [3.63, 3.8) is 0 Å². The molecule has 0 bridgehead atoms. The Labute approximate surface area is 199 Å². The van der Waals surface area contributed by atoms with E-state index in [0.717, 1.165) is 22.1 Å². The van der Waals surface area contributed by atoms with Crippen molar-refractivity contribution in [1.29, 1.82) is 0 Å². The van der Waals surface area contributed by atoms with Crippen molar-refractivity contribution < 1.29 is 28.7 Å². The molecule has 188 valence electrons. The van der Waals surface area contributed by atoms with Crippen LogP contribution in [0.25, 0.3) is 0 Å². The van der Waals surface area contributed by atoms with E-state index in [2.05, 4.69) is 12.3 Å². The van der Waals surface area contributed by atoms with Crippen molar-refractivity contribution >= 4 is 35.4 Å². The van der Waals surface area contributed by atoms with E-state index < -0.39 is 35.3 Å². The van der Waals surface area contributed by atoms with Gasteiger partial charge >= 0.3 is 29.7 Å². The van der Waals surface area contributed by atoms with Gasteiger partial charge in [0.05, 0.1) is 5.69 Å². The number of rotatable bonds is 8. The number of hydrazine groups is 2. The zero-order valence-electron chi connectivity index (χ0n) is 20.6. The van der Waals surface area contributed by atoms with Crippen LogP contribution in [0, 0.1) is 0 Å². The fraction of sp³-hybridized carbons (Fsp3) is 0.522. The second-order valence-electron chi connectivity index (χ2n) is 8.76. The van der Waals surface area contributed by atoms with E-state index in [1.807, 2.05) is 31.3 Å². The van der Waals surface area contributed by atoms with E-state index in [1.165, 1.54) is 0 Å². The quantitative estimate of drug-likeness (QED) is 0.383. The van der Waals surface area contributed by atoms with Gasteiger partial charge in [0.2, 0.25) is 0 Å². The molecule has 0 spiro atoms. The summed E-state index contributed by atoms with van der Waals surface area (Å²) in [6.07, 6.45) is 0.932. The lowest BCUT2D eigenvalue weighted by molar-refractivity contribution is -0.147. The first-order valence-corrected chi connectivity index (χ1v) is 11.2. The highest BCUT2D eigenvalue weighted by Gasteiger charge is 2.31. The largest absolute Gasteiger partial charge is 0.444 e. The predicted molar refractivity (Wildman–Crippen MR) is 126 cm³/mol. The Hall–Kier alpha value is -3.63. The van der Waals surface area contributed by atoms with Crippen molar-refractivity contribution in [1.82, 2.24) is 15.8 Å². The summed E-state index contributed by atoms with van der Waals surface area (Å²) in [5.74, 6) is -4.59. The van der Waals surface area contributed by atoms with Gasteiger partial charge in [0.15, 0.2) is 0 Å². The second-order valence-corrected chi connectivity index (χ2v) is 8.76. The molecule has 0 radical (unpaired) electrons. The maximum absolute atomic E-state index is 13.0. The predicted octanol–water partition coefficient (Wildman–Crippen LogP) is 2.12. The number of hydrogen-bond acceptors (Lipinski definition) is 7. The number of amides is 5.